The monoisotopic (exact) mass is 375 g/mol. The smallest absolute Gasteiger partial charge is 0.356 e. The van der Waals surface area contributed by atoms with Gasteiger partial charge in [-0.25, -0.2) is 9.18 Å². The molecule has 1 aliphatic rings. The number of carbonyl (C=O) groups excluding carboxylic acids is 2. The predicted octanol–water partition coefficient (Wildman–Crippen LogP) is 2.95. The van der Waals surface area contributed by atoms with E-state index in [-0.39, 0.29) is 18.0 Å². The zero-order valence-corrected chi connectivity index (χ0v) is 14.3. The van der Waals surface area contributed by atoms with Crippen LogP contribution in [-0.4, -0.2) is 25.0 Å². The zero-order valence-electron chi connectivity index (χ0n) is 14.3. The molecule has 1 aromatic carbocycles. The quantitative estimate of drug-likeness (QED) is 0.669. The number of hydrogen-bond donors (Lipinski definition) is 3. The first-order valence-corrected chi connectivity index (χ1v) is 8.33. The van der Waals surface area contributed by atoms with Crippen LogP contribution in [0.15, 0.2) is 18.2 Å². The highest BCUT2D eigenvalue weighted by molar-refractivity contribution is 5.84. The Balaban J connectivity index is 1.93. The highest BCUT2D eigenvalue weighted by atomic mass is 19.4. The summed E-state index contributed by atoms with van der Waals surface area (Å²) in [5, 5.41) is 7.58. The van der Waals surface area contributed by atoms with E-state index in [1.54, 1.807) is 6.92 Å². The number of carbonyl (C=O) groups is 2. The van der Waals surface area contributed by atoms with E-state index in [1.807, 2.05) is 0 Å². The largest absolute Gasteiger partial charge is 0.416 e. The van der Waals surface area contributed by atoms with Gasteiger partial charge >= 0.3 is 12.2 Å². The first-order chi connectivity index (χ1) is 12.2. The highest BCUT2D eigenvalue weighted by Crippen LogP contribution is 2.40. The van der Waals surface area contributed by atoms with Crippen molar-refractivity contribution in [3.8, 4) is 0 Å². The van der Waals surface area contributed by atoms with Gasteiger partial charge in [-0.05, 0) is 37.5 Å². The van der Waals surface area contributed by atoms with Crippen LogP contribution < -0.4 is 16.0 Å². The van der Waals surface area contributed by atoms with E-state index >= 15 is 0 Å². The fourth-order valence-corrected chi connectivity index (χ4v) is 2.89. The molecule has 26 heavy (non-hydrogen) atoms. The number of halogens is 4. The molecule has 0 aromatic heterocycles. The summed E-state index contributed by atoms with van der Waals surface area (Å²) in [7, 11) is 0. The third-order valence-corrected chi connectivity index (χ3v) is 4.53. The number of rotatable bonds is 6. The van der Waals surface area contributed by atoms with Crippen LogP contribution in [0.5, 0.6) is 0 Å². The SMILES string of the molecule is CCNC(=O)C1(CNC(=O)NCc2ccc(F)cc2C(F)(F)F)CCC1. The second kappa shape index (κ2) is 7.92. The number of nitrogens with one attached hydrogen (secondary N) is 3. The number of benzene rings is 1. The number of urea groups is 1. The molecule has 0 spiro atoms. The summed E-state index contributed by atoms with van der Waals surface area (Å²) in [4.78, 5) is 24.0. The standard InChI is InChI=1S/C17H21F4N3O2/c1-2-22-14(25)16(6-3-7-16)10-24-15(26)23-9-11-4-5-12(18)8-13(11)17(19,20)21/h4-5,8H,2-3,6-7,9-10H2,1H3,(H,22,25)(H2,23,24,26). The summed E-state index contributed by atoms with van der Waals surface area (Å²) >= 11 is 0. The number of alkyl halides is 3. The molecule has 3 N–H and O–H groups in total. The van der Waals surface area contributed by atoms with Crippen LogP contribution in [0.4, 0.5) is 22.4 Å². The van der Waals surface area contributed by atoms with Gasteiger partial charge in [0, 0.05) is 19.6 Å². The Kier molecular flexibility index (Phi) is 6.09. The first kappa shape index (κ1) is 20.0. The zero-order chi connectivity index (χ0) is 19.4. The topological polar surface area (TPSA) is 70.2 Å². The van der Waals surface area contributed by atoms with Crippen molar-refractivity contribution in [3.63, 3.8) is 0 Å². The molecule has 0 heterocycles. The summed E-state index contributed by atoms with van der Waals surface area (Å²) in [6.07, 6.45) is -2.54. The van der Waals surface area contributed by atoms with Gasteiger partial charge in [0.25, 0.3) is 0 Å². The average molecular weight is 375 g/mol. The number of hydrogen-bond acceptors (Lipinski definition) is 2. The molecule has 0 atom stereocenters. The number of amides is 3. The minimum atomic E-state index is -4.72. The molecule has 0 radical (unpaired) electrons. The molecular formula is C17H21F4N3O2. The molecule has 144 valence electrons. The maximum Gasteiger partial charge on any atom is 0.416 e. The first-order valence-electron chi connectivity index (χ1n) is 8.33. The third-order valence-electron chi connectivity index (χ3n) is 4.53. The van der Waals surface area contributed by atoms with E-state index < -0.39 is 35.5 Å². The molecule has 1 saturated carbocycles. The summed E-state index contributed by atoms with van der Waals surface area (Å²) in [6.45, 7) is 1.98. The van der Waals surface area contributed by atoms with Crippen LogP contribution >= 0.6 is 0 Å². The Morgan fingerprint density at radius 2 is 1.85 bits per heavy atom. The van der Waals surface area contributed by atoms with E-state index in [9.17, 15) is 27.2 Å². The maximum atomic E-state index is 13.1. The van der Waals surface area contributed by atoms with Crippen molar-refractivity contribution in [2.24, 2.45) is 5.41 Å². The van der Waals surface area contributed by atoms with Crippen LogP contribution in [0.1, 0.15) is 37.3 Å². The van der Waals surface area contributed by atoms with Crippen molar-refractivity contribution in [2.45, 2.75) is 38.9 Å². The molecule has 0 aliphatic heterocycles. The van der Waals surface area contributed by atoms with E-state index in [1.165, 1.54) is 0 Å². The molecular weight excluding hydrogens is 354 g/mol. The van der Waals surface area contributed by atoms with Crippen LogP contribution in [0.3, 0.4) is 0 Å². The van der Waals surface area contributed by atoms with Gasteiger partial charge in [0.15, 0.2) is 0 Å². The molecule has 2 rings (SSSR count). The van der Waals surface area contributed by atoms with Crippen molar-refractivity contribution < 1.29 is 27.2 Å². The summed E-state index contributed by atoms with van der Waals surface area (Å²) < 4.78 is 51.9. The molecule has 0 saturated heterocycles. The predicted molar refractivity (Wildman–Crippen MR) is 86.6 cm³/mol. The lowest BCUT2D eigenvalue weighted by Gasteiger charge is -2.40. The van der Waals surface area contributed by atoms with E-state index in [2.05, 4.69) is 16.0 Å². The molecule has 9 heteroatoms. The summed E-state index contributed by atoms with van der Waals surface area (Å²) in [5.74, 6) is -1.14. The highest BCUT2D eigenvalue weighted by Gasteiger charge is 2.44. The van der Waals surface area contributed by atoms with Crippen molar-refractivity contribution in [1.82, 2.24) is 16.0 Å². The lowest BCUT2D eigenvalue weighted by molar-refractivity contribution is -0.138. The van der Waals surface area contributed by atoms with Crippen molar-refractivity contribution in [2.75, 3.05) is 13.1 Å². The third kappa shape index (κ3) is 4.64. The van der Waals surface area contributed by atoms with Gasteiger partial charge in [0.2, 0.25) is 5.91 Å². The van der Waals surface area contributed by atoms with Crippen molar-refractivity contribution in [3.05, 3.63) is 35.1 Å². The fraction of sp³-hybridized carbons (Fsp3) is 0.529. The van der Waals surface area contributed by atoms with Gasteiger partial charge in [-0.3, -0.25) is 4.79 Å². The van der Waals surface area contributed by atoms with Gasteiger partial charge in [-0.2, -0.15) is 13.2 Å². The second-order valence-electron chi connectivity index (χ2n) is 6.33. The van der Waals surface area contributed by atoms with E-state index in [0.717, 1.165) is 18.6 Å². The van der Waals surface area contributed by atoms with Crippen LogP contribution in [0.2, 0.25) is 0 Å². The molecule has 5 nitrogen and oxygen atoms in total. The normalized spacial score (nSPS) is 15.7. The molecule has 0 bridgehead atoms. The molecule has 1 aliphatic carbocycles. The van der Waals surface area contributed by atoms with Crippen LogP contribution in [0.25, 0.3) is 0 Å². The lowest BCUT2D eigenvalue weighted by Crippen LogP contribution is -2.53. The Morgan fingerprint density at radius 3 is 2.38 bits per heavy atom. The van der Waals surface area contributed by atoms with Crippen molar-refractivity contribution >= 4 is 11.9 Å². The van der Waals surface area contributed by atoms with E-state index in [0.29, 0.717) is 25.5 Å². The minimum Gasteiger partial charge on any atom is -0.356 e. The average Bonchev–Trinajstić information content (AvgIpc) is 2.52. The van der Waals surface area contributed by atoms with E-state index in [4.69, 9.17) is 0 Å². The molecule has 1 aromatic rings. The summed E-state index contributed by atoms with van der Waals surface area (Å²) in [6, 6.07) is 1.61. The Labute approximate surface area is 148 Å². The Morgan fingerprint density at radius 1 is 1.15 bits per heavy atom. The molecule has 3 amide bonds. The van der Waals surface area contributed by atoms with Gasteiger partial charge in [-0.15, -0.1) is 0 Å². The molecule has 1 fully saturated rings. The van der Waals surface area contributed by atoms with Gasteiger partial charge in [0.1, 0.15) is 5.82 Å². The Hall–Kier alpha value is -2.32. The van der Waals surface area contributed by atoms with Crippen LogP contribution in [-0.2, 0) is 17.5 Å². The minimum absolute atomic E-state index is 0.111. The lowest BCUT2D eigenvalue weighted by atomic mass is 9.68. The maximum absolute atomic E-state index is 13.1. The van der Waals surface area contributed by atoms with Gasteiger partial charge in [0.05, 0.1) is 11.0 Å². The van der Waals surface area contributed by atoms with Crippen molar-refractivity contribution in [1.29, 1.82) is 0 Å². The summed E-state index contributed by atoms with van der Waals surface area (Å²) in [5.41, 5.74) is -2.02. The van der Waals surface area contributed by atoms with Crippen LogP contribution in [0, 0.1) is 11.2 Å². The fourth-order valence-electron chi connectivity index (χ4n) is 2.89. The Bertz CT molecular complexity index is 672. The second-order valence-corrected chi connectivity index (χ2v) is 6.33. The molecule has 0 unspecified atom stereocenters. The van der Waals surface area contributed by atoms with Gasteiger partial charge in [-0.1, -0.05) is 12.5 Å². The van der Waals surface area contributed by atoms with Gasteiger partial charge < -0.3 is 16.0 Å².